The topological polar surface area (TPSA) is 72.9 Å². The maximum atomic E-state index is 13.0. The van der Waals surface area contributed by atoms with Crippen LogP contribution in [0.3, 0.4) is 0 Å². The largest absolute Gasteiger partial charge is 0.369 e. The first kappa shape index (κ1) is 20.6. The van der Waals surface area contributed by atoms with Crippen LogP contribution < -0.4 is 10.4 Å². The molecule has 0 saturated carbocycles. The van der Waals surface area contributed by atoms with Crippen LogP contribution in [-0.4, -0.2) is 55.9 Å². The normalized spacial score (nSPS) is 16.8. The summed E-state index contributed by atoms with van der Waals surface area (Å²) in [6.07, 6.45) is 2.65. The summed E-state index contributed by atoms with van der Waals surface area (Å²) in [5.41, 5.74) is 2.86. The van der Waals surface area contributed by atoms with Crippen LogP contribution in [0.15, 0.2) is 24.3 Å². The van der Waals surface area contributed by atoms with E-state index in [1.54, 1.807) is 12.1 Å². The quantitative estimate of drug-likeness (QED) is 0.427. The fourth-order valence-corrected chi connectivity index (χ4v) is 4.27. The predicted molar refractivity (Wildman–Crippen MR) is 100.0 cm³/mol. The highest BCUT2D eigenvalue weighted by Gasteiger charge is 2.29. The molecule has 0 bridgehead atoms. The van der Waals surface area contributed by atoms with E-state index in [0.717, 1.165) is 18.5 Å². The first-order valence-electron chi connectivity index (χ1n) is 8.82. The Kier molecular flexibility index (Phi) is 7.85. The number of unbranched alkanes of at least 4 members (excludes halogenated alkanes) is 2. The highest BCUT2D eigenvalue weighted by molar-refractivity contribution is 7.89. The standard InChI is InChI=1S/C18H26FN3O3S/c1-2-3-4-5-6-17(20-23)15-26(24,25)22-13-11-21(12-14-22)18-9-7-16(19)8-10-18/h7-10,17,20,23H,2-4,11-15H2,1H3. The molecule has 1 fully saturated rings. The second-order valence-electron chi connectivity index (χ2n) is 6.25. The van der Waals surface area contributed by atoms with Crippen molar-refractivity contribution in [2.75, 3.05) is 36.8 Å². The van der Waals surface area contributed by atoms with Gasteiger partial charge in [0.05, 0.1) is 5.75 Å². The van der Waals surface area contributed by atoms with Crippen LogP contribution in [0.25, 0.3) is 0 Å². The van der Waals surface area contributed by atoms with Gasteiger partial charge in [0.25, 0.3) is 0 Å². The van der Waals surface area contributed by atoms with Gasteiger partial charge in [-0.2, -0.15) is 9.79 Å². The van der Waals surface area contributed by atoms with Gasteiger partial charge in [0.2, 0.25) is 10.0 Å². The number of piperazine rings is 1. The molecule has 1 heterocycles. The first-order valence-corrected chi connectivity index (χ1v) is 10.4. The number of nitrogens with one attached hydrogen (secondary N) is 1. The molecule has 26 heavy (non-hydrogen) atoms. The number of halogens is 1. The van der Waals surface area contributed by atoms with Gasteiger partial charge in [-0.3, -0.25) is 0 Å². The van der Waals surface area contributed by atoms with Crippen molar-refractivity contribution in [3.63, 3.8) is 0 Å². The van der Waals surface area contributed by atoms with Gasteiger partial charge in [-0.1, -0.05) is 19.3 Å². The fraction of sp³-hybridized carbons (Fsp3) is 0.556. The van der Waals surface area contributed by atoms with Gasteiger partial charge in [-0.15, -0.1) is 5.92 Å². The zero-order valence-corrected chi connectivity index (χ0v) is 15.8. The number of hydrogen-bond donors (Lipinski definition) is 2. The zero-order chi connectivity index (χ0) is 19.0. The smallest absolute Gasteiger partial charge is 0.216 e. The second-order valence-corrected chi connectivity index (χ2v) is 8.26. The van der Waals surface area contributed by atoms with Gasteiger partial charge < -0.3 is 10.1 Å². The molecule has 1 aromatic rings. The van der Waals surface area contributed by atoms with Crippen molar-refractivity contribution >= 4 is 15.7 Å². The minimum absolute atomic E-state index is 0.265. The second kappa shape index (κ2) is 9.88. The van der Waals surface area contributed by atoms with Crippen LogP contribution in [0.1, 0.15) is 26.2 Å². The van der Waals surface area contributed by atoms with Crippen molar-refractivity contribution in [2.45, 2.75) is 32.2 Å². The van der Waals surface area contributed by atoms with Gasteiger partial charge in [0, 0.05) is 38.3 Å². The van der Waals surface area contributed by atoms with E-state index in [1.807, 2.05) is 10.4 Å². The lowest BCUT2D eigenvalue weighted by atomic mass is 10.2. The first-order chi connectivity index (χ1) is 12.5. The highest BCUT2D eigenvalue weighted by Crippen LogP contribution is 2.18. The van der Waals surface area contributed by atoms with Crippen molar-refractivity contribution in [3.8, 4) is 11.8 Å². The average Bonchev–Trinajstić information content (AvgIpc) is 2.65. The van der Waals surface area contributed by atoms with E-state index in [1.165, 1.54) is 16.4 Å². The van der Waals surface area contributed by atoms with Crippen molar-refractivity contribution in [2.24, 2.45) is 0 Å². The number of nitrogens with zero attached hydrogens (tertiary/aromatic N) is 2. The Morgan fingerprint density at radius 1 is 1.23 bits per heavy atom. The van der Waals surface area contributed by atoms with Crippen LogP contribution in [0.2, 0.25) is 0 Å². The summed E-state index contributed by atoms with van der Waals surface area (Å²) in [5, 5.41) is 9.18. The van der Waals surface area contributed by atoms with Crippen LogP contribution in [0.5, 0.6) is 0 Å². The zero-order valence-electron chi connectivity index (χ0n) is 15.0. The highest BCUT2D eigenvalue weighted by atomic mass is 32.2. The van der Waals surface area contributed by atoms with E-state index in [-0.39, 0.29) is 11.6 Å². The van der Waals surface area contributed by atoms with E-state index >= 15 is 0 Å². The summed E-state index contributed by atoms with van der Waals surface area (Å²) in [7, 11) is -3.53. The molecule has 0 aliphatic carbocycles. The minimum Gasteiger partial charge on any atom is -0.369 e. The molecule has 1 aliphatic rings. The van der Waals surface area contributed by atoms with Crippen LogP contribution >= 0.6 is 0 Å². The molecule has 2 rings (SSSR count). The summed E-state index contributed by atoms with van der Waals surface area (Å²) in [5.74, 6) is 5.12. The lowest BCUT2D eigenvalue weighted by Crippen LogP contribution is -2.51. The fourth-order valence-electron chi connectivity index (χ4n) is 2.76. The summed E-state index contributed by atoms with van der Waals surface area (Å²) in [6, 6.07) is 5.38. The Morgan fingerprint density at radius 3 is 2.46 bits per heavy atom. The van der Waals surface area contributed by atoms with Crippen molar-refractivity contribution in [1.82, 2.24) is 9.79 Å². The lowest BCUT2D eigenvalue weighted by Gasteiger charge is -2.35. The molecule has 6 nitrogen and oxygen atoms in total. The molecule has 1 unspecified atom stereocenters. The van der Waals surface area contributed by atoms with Gasteiger partial charge in [-0.05, 0) is 30.7 Å². The van der Waals surface area contributed by atoms with E-state index in [9.17, 15) is 18.0 Å². The van der Waals surface area contributed by atoms with E-state index in [4.69, 9.17) is 0 Å². The maximum Gasteiger partial charge on any atom is 0.216 e. The molecule has 1 saturated heterocycles. The Labute approximate surface area is 155 Å². The predicted octanol–water partition coefficient (Wildman–Crippen LogP) is 1.82. The number of benzene rings is 1. The molecule has 0 spiro atoms. The Morgan fingerprint density at radius 2 is 1.88 bits per heavy atom. The minimum atomic E-state index is -3.53. The number of sulfonamides is 1. The van der Waals surface area contributed by atoms with Gasteiger partial charge in [-0.25, -0.2) is 12.8 Å². The molecule has 0 amide bonds. The molecule has 2 N–H and O–H groups in total. The van der Waals surface area contributed by atoms with Crippen molar-refractivity contribution in [1.29, 1.82) is 0 Å². The van der Waals surface area contributed by atoms with Crippen LogP contribution in [0, 0.1) is 17.7 Å². The van der Waals surface area contributed by atoms with Crippen LogP contribution in [0.4, 0.5) is 10.1 Å². The number of hydroxylamine groups is 1. The van der Waals surface area contributed by atoms with Crippen molar-refractivity contribution < 1.29 is 18.0 Å². The maximum absolute atomic E-state index is 13.0. The molecular formula is C18H26FN3O3S. The third-order valence-electron chi connectivity index (χ3n) is 4.29. The molecule has 1 aromatic carbocycles. The SMILES string of the molecule is CCCCC#CC(CS(=O)(=O)N1CCN(c2ccc(F)cc2)CC1)NO. The molecule has 1 aliphatic heterocycles. The number of hydrogen-bond acceptors (Lipinski definition) is 5. The third kappa shape index (κ3) is 5.95. The molecule has 0 radical (unpaired) electrons. The van der Waals surface area contributed by atoms with Gasteiger partial charge in [0.15, 0.2) is 0 Å². The van der Waals surface area contributed by atoms with E-state index in [0.29, 0.717) is 32.6 Å². The third-order valence-corrected chi connectivity index (χ3v) is 6.20. The Bertz CT molecular complexity index is 720. The van der Waals surface area contributed by atoms with E-state index < -0.39 is 16.1 Å². The molecule has 1 atom stereocenters. The monoisotopic (exact) mass is 383 g/mol. The Balaban J connectivity index is 1.91. The summed E-state index contributed by atoms with van der Waals surface area (Å²) < 4.78 is 39.6. The average molecular weight is 383 g/mol. The summed E-state index contributed by atoms with van der Waals surface area (Å²) in [4.78, 5) is 2.03. The summed E-state index contributed by atoms with van der Waals surface area (Å²) in [6.45, 7) is 3.82. The lowest BCUT2D eigenvalue weighted by molar-refractivity contribution is 0.153. The Hall–Kier alpha value is -1.66. The van der Waals surface area contributed by atoms with Gasteiger partial charge >= 0.3 is 0 Å². The molecule has 0 aromatic heterocycles. The molecule has 144 valence electrons. The van der Waals surface area contributed by atoms with Crippen LogP contribution in [-0.2, 0) is 10.0 Å². The summed E-state index contributed by atoms with van der Waals surface area (Å²) >= 11 is 0. The number of anilines is 1. The molecule has 8 heteroatoms. The molecular weight excluding hydrogens is 357 g/mol. The van der Waals surface area contributed by atoms with E-state index in [2.05, 4.69) is 18.8 Å². The van der Waals surface area contributed by atoms with Gasteiger partial charge in [0.1, 0.15) is 11.9 Å². The number of rotatable bonds is 7. The van der Waals surface area contributed by atoms with Crippen molar-refractivity contribution in [3.05, 3.63) is 30.1 Å².